The third-order valence-corrected chi connectivity index (χ3v) is 7.25. The Labute approximate surface area is 116 Å². The van der Waals surface area contributed by atoms with Crippen LogP contribution in [0.25, 0.3) is 0 Å². The second kappa shape index (κ2) is 5.34. The van der Waals surface area contributed by atoms with Gasteiger partial charge in [0, 0.05) is 0 Å². The summed E-state index contributed by atoms with van der Waals surface area (Å²) < 4.78 is 30.1. The Hall–Kier alpha value is -0.130. The van der Waals surface area contributed by atoms with Crippen molar-refractivity contribution in [2.24, 2.45) is 29.4 Å². The van der Waals surface area contributed by atoms with E-state index in [2.05, 4.69) is 0 Å². The molecule has 0 amide bonds. The van der Waals surface area contributed by atoms with Gasteiger partial charge in [0.1, 0.15) is 0 Å². The first-order chi connectivity index (χ1) is 9.10. The highest BCUT2D eigenvalue weighted by Gasteiger charge is 2.53. The molecule has 0 unspecified atom stereocenters. The zero-order valence-electron chi connectivity index (χ0n) is 11.5. The normalized spacial score (nSPS) is 40.8. The Balaban J connectivity index is 1.64. The first kappa shape index (κ1) is 13.8. The molecule has 0 atom stereocenters. The van der Waals surface area contributed by atoms with Crippen LogP contribution in [0.2, 0.25) is 0 Å². The van der Waals surface area contributed by atoms with E-state index in [1.54, 1.807) is 0 Å². The number of unbranched alkanes of at least 4 members (excludes halogenated alkanes) is 1. The van der Waals surface area contributed by atoms with Crippen LogP contribution in [0.15, 0.2) is 0 Å². The standard InChI is InChI=1S/C14H25NO3S/c15-3-1-2-4-18-19(16,17)14-12-6-10-5-11(8-12)9-13(14)7-10/h10-14H,1-9,15H2. The van der Waals surface area contributed by atoms with Crippen LogP contribution in [0.5, 0.6) is 0 Å². The lowest BCUT2D eigenvalue weighted by atomic mass is 9.56. The van der Waals surface area contributed by atoms with Gasteiger partial charge in [0.2, 0.25) is 0 Å². The van der Waals surface area contributed by atoms with Gasteiger partial charge in [-0.2, -0.15) is 8.42 Å². The third-order valence-electron chi connectivity index (χ3n) is 5.32. The van der Waals surface area contributed by atoms with Gasteiger partial charge in [0.15, 0.2) is 0 Å². The molecule has 0 saturated heterocycles. The molecule has 0 aromatic rings. The van der Waals surface area contributed by atoms with Crippen LogP contribution in [-0.2, 0) is 14.3 Å². The van der Waals surface area contributed by atoms with E-state index in [4.69, 9.17) is 9.92 Å². The fourth-order valence-corrected chi connectivity index (χ4v) is 6.74. The number of nitrogens with two attached hydrogens (primary N) is 1. The Morgan fingerprint density at radius 1 is 0.947 bits per heavy atom. The minimum absolute atomic E-state index is 0.210. The lowest BCUT2D eigenvalue weighted by molar-refractivity contribution is 0.0200. The highest BCUT2D eigenvalue weighted by Crippen LogP contribution is 2.55. The van der Waals surface area contributed by atoms with E-state index < -0.39 is 10.1 Å². The van der Waals surface area contributed by atoms with Gasteiger partial charge in [-0.15, -0.1) is 0 Å². The lowest BCUT2D eigenvalue weighted by Crippen LogP contribution is -2.51. The predicted molar refractivity (Wildman–Crippen MR) is 74.0 cm³/mol. The SMILES string of the molecule is NCCCCOS(=O)(=O)C1C2CC3CC(C2)CC1C3. The van der Waals surface area contributed by atoms with Crippen molar-refractivity contribution < 1.29 is 12.6 Å². The van der Waals surface area contributed by atoms with Crippen LogP contribution >= 0.6 is 0 Å². The van der Waals surface area contributed by atoms with Gasteiger partial charge in [-0.3, -0.25) is 4.18 Å². The second-order valence-electron chi connectivity index (χ2n) is 6.71. The summed E-state index contributed by atoms with van der Waals surface area (Å²) in [5.41, 5.74) is 5.41. The minimum atomic E-state index is -3.37. The van der Waals surface area contributed by atoms with Gasteiger partial charge in [0.05, 0.1) is 11.9 Å². The molecule has 2 N–H and O–H groups in total. The van der Waals surface area contributed by atoms with Crippen LogP contribution in [-0.4, -0.2) is 26.8 Å². The average molecular weight is 287 g/mol. The van der Waals surface area contributed by atoms with Crippen molar-refractivity contribution in [3.63, 3.8) is 0 Å². The van der Waals surface area contributed by atoms with E-state index in [0.29, 0.717) is 25.0 Å². The Bertz CT molecular complexity index is 392. The molecule has 0 aromatic heterocycles. The van der Waals surface area contributed by atoms with Gasteiger partial charge in [-0.05, 0) is 75.2 Å². The van der Waals surface area contributed by atoms with Crippen LogP contribution in [0.3, 0.4) is 0 Å². The minimum Gasteiger partial charge on any atom is -0.330 e. The van der Waals surface area contributed by atoms with Crippen LogP contribution < -0.4 is 5.73 Å². The van der Waals surface area contributed by atoms with E-state index in [1.165, 1.54) is 6.42 Å². The maximum absolute atomic E-state index is 12.4. The predicted octanol–water partition coefficient (Wildman–Crippen LogP) is 1.90. The van der Waals surface area contributed by atoms with Crippen molar-refractivity contribution in [1.29, 1.82) is 0 Å². The van der Waals surface area contributed by atoms with Gasteiger partial charge >= 0.3 is 0 Å². The van der Waals surface area contributed by atoms with E-state index in [-0.39, 0.29) is 5.25 Å². The van der Waals surface area contributed by atoms with Gasteiger partial charge in [0.25, 0.3) is 10.1 Å². The molecule has 0 spiro atoms. The smallest absolute Gasteiger partial charge is 0.270 e. The van der Waals surface area contributed by atoms with E-state index in [1.807, 2.05) is 0 Å². The monoisotopic (exact) mass is 287 g/mol. The molecule has 4 rings (SSSR count). The zero-order chi connectivity index (χ0) is 13.5. The van der Waals surface area contributed by atoms with Crippen LogP contribution in [0.4, 0.5) is 0 Å². The fourth-order valence-electron chi connectivity index (χ4n) is 4.85. The van der Waals surface area contributed by atoms with Crippen molar-refractivity contribution >= 4 is 10.1 Å². The van der Waals surface area contributed by atoms with E-state index in [9.17, 15) is 8.42 Å². The maximum Gasteiger partial charge on any atom is 0.270 e. The average Bonchev–Trinajstić information content (AvgIpc) is 2.33. The van der Waals surface area contributed by atoms with E-state index >= 15 is 0 Å². The van der Waals surface area contributed by atoms with Gasteiger partial charge < -0.3 is 5.73 Å². The molecule has 110 valence electrons. The maximum atomic E-state index is 12.4. The molecule has 5 heteroatoms. The zero-order valence-corrected chi connectivity index (χ0v) is 12.3. The topological polar surface area (TPSA) is 69.4 Å². The second-order valence-corrected chi connectivity index (χ2v) is 8.47. The quantitative estimate of drug-likeness (QED) is 0.598. The summed E-state index contributed by atoms with van der Waals surface area (Å²) in [7, 11) is -3.37. The number of hydrogen-bond donors (Lipinski definition) is 1. The van der Waals surface area contributed by atoms with Crippen LogP contribution in [0.1, 0.15) is 44.9 Å². The van der Waals surface area contributed by atoms with Gasteiger partial charge in [-0.1, -0.05) is 0 Å². The summed E-state index contributed by atoms with van der Waals surface area (Å²) in [5, 5.41) is -0.210. The first-order valence-electron chi connectivity index (χ1n) is 7.68. The Kier molecular flexibility index (Phi) is 3.89. The van der Waals surface area contributed by atoms with Gasteiger partial charge in [-0.25, -0.2) is 0 Å². The molecule has 4 fully saturated rings. The first-order valence-corrected chi connectivity index (χ1v) is 9.15. The molecule has 4 nitrogen and oxygen atoms in total. The third kappa shape index (κ3) is 2.69. The molecule has 4 saturated carbocycles. The van der Waals surface area contributed by atoms with Crippen molar-refractivity contribution in [2.45, 2.75) is 50.2 Å². The highest BCUT2D eigenvalue weighted by atomic mass is 32.2. The van der Waals surface area contributed by atoms with Crippen molar-refractivity contribution in [1.82, 2.24) is 0 Å². The molecular weight excluding hydrogens is 262 g/mol. The van der Waals surface area contributed by atoms with Crippen molar-refractivity contribution in [3.8, 4) is 0 Å². The van der Waals surface area contributed by atoms with Crippen LogP contribution in [0, 0.1) is 23.7 Å². The lowest BCUT2D eigenvalue weighted by Gasteiger charge is -2.53. The molecule has 0 aromatic carbocycles. The summed E-state index contributed by atoms with van der Waals surface area (Å²) >= 11 is 0. The number of hydrogen-bond acceptors (Lipinski definition) is 4. The summed E-state index contributed by atoms with van der Waals surface area (Å²) in [6.07, 6.45) is 7.37. The highest BCUT2D eigenvalue weighted by molar-refractivity contribution is 7.87. The summed E-state index contributed by atoms with van der Waals surface area (Å²) in [4.78, 5) is 0. The summed E-state index contributed by atoms with van der Waals surface area (Å²) in [6, 6.07) is 0. The largest absolute Gasteiger partial charge is 0.330 e. The summed E-state index contributed by atoms with van der Waals surface area (Å²) in [5.74, 6) is 2.34. The fraction of sp³-hybridized carbons (Fsp3) is 1.00. The molecule has 0 heterocycles. The van der Waals surface area contributed by atoms with Crippen molar-refractivity contribution in [2.75, 3.05) is 13.2 Å². The molecule has 4 bridgehead atoms. The van der Waals surface area contributed by atoms with E-state index in [0.717, 1.165) is 50.4 Å². The Morgan fingerprint density at radius 3 is 2.05 bits per heavy atom. The van der Waals surface area contributed by atoms with Crippen molar-refractivity contribution in [3.05, 3.63) is 0 Å². The molecule has 19 heavy (non-hydrogen) atoms. The number of rotatable bonds is 6. The molecular formula is C14H25NO3S. The molecule has 4 aliphatic carbocycles. The summed E-state index contributed by atoms with van der Waals surface area (Å²) in [6.45, 7) is 0.907. The molecule has 4 aliphatic rings. The molecule has 0 aliphatic heterocycles. The Morgan fingerprint density at radius 2 is 1.53 bits per heavy atom. The molecule has 0 radical (unpaired) electrons.